The van der Waals surface area contributed by atoms with Gasteiger partial charge in [-0.15, -0.1) is 11.8 Å². The van der Waals surface area contributed by atoms with Gasteiger partial charge >= 0.3 is 0 Å². The van der Waals surface area contributed by atoms with Gasteiger partial charge in [-0.25, -0.2) is 8.42 Å². The summed E-state index contributed by atoms with van der Waals surface area (Å²) in [5.74, 6) is 0.613. The van der Waals surface area contributed by atoms with E-state index in [1.54, 1.807) is 12.1 Å². The van der Waals surface area contributed by atoms with Gasteiger partial charge in [-0.05, 0) is 35.1 Å². The first-order chi connectivity index (χ1) is 13.2. The van der Waals surface area contributed by atoms with Crippen molar-refractivity contribution in [2.24, 2.45) is 0 Å². The minimum absolute atomic E-state index is 0.0266. The lowest BCUT2D eigenvalue weighted by Crippen LogP contribution is -2.39. The molecule has 28 heavy (non-hydrogen) atoms. The predicted octanol–water partition coefficient (Wildman–Crippen LogP) is 4.25. The van der Waals surface area contributed by atoms with Crippen molar-refractivity contribution < 1.29 is 13.2 Å². The average Bonchev–Trinajstić information content (AvgIpc) is 3.17. The van der Waals surface area contributed by atoms with Gasteiger partial charge in [0, 0.05) is 18.7 Å². The fourth-order valence-electron chi connectivity index (χ4n) is 3.25. The third-order valence-electron chi connectivity index (χ3n) is 4.95. The van der Waals surface area contributed by atoms with Crippen molar-refractivity contribution in [3.8, 4) is 0 Å². The quantitative estimate of drug-likeness (QED) is 0.705. The number of sulfonamides is 1. The summed E-state index contributed by atoms with van der Waals surface area (Å²) >= 11 is 1.42. The van der Waals surface area contributed by atoms with Gasteiger partial charge in [0.2, 0.25) is 10.0 Å². The van der Waals surface area contributed by atoms with Crippen molar-refractivity contribution in [2.75, 3.05) is 12.3 Å². The van der Waals surface area contributed by atoms with E-state index in [9.17, 15) is 13.2 Å². The van der Waals surface area contributed by atoms with Crippen molar-refractivity contribution in [3.05, 3.63) is 65.7 Å². The Morgan fingerprint density at radius 2 is 1.71 bits per heavy atom. The van der Waals surface area contributed by atoms with Crippen LogP contribution in [0.15, 0.2) is 59.5 Å². The highest BCUT2D eigenvalue weighted by Crippen LogP contribution is 2.32. The zero-order chi connectivity index (χ0) is 20.4. The van der Waals surface area contributed by atoms with Crippen molar-refractivity contribution in [3.63, 3.8) is 0 Å². The van der Waals surface area contributed by atoms with Crippen molar-refractivity contribution in [1.29, 1.82) is 0 Å². The Morgan fingerprint density at radius 3 is 2.32 bits per heavy atom. The number of rotatable bonds is 6. The summed E-state index contributed by atoms with van der Waals surface area (Å²) in [6.07, 6.45) is 0.974. The number of hydrogen-bond acceptors (Lipinski definition) is 4. The first-order valence-electron chi connectivity index (χ1n) is 9.50. The molecule has 0 bridgehead atoms. The Labute approximate surface area is 172 Å². The van der Waals surface area contributed by atoms with Crippen LogP contribution in [0.5, 0.6) is 0 Å². The maximum absolute atomic E-state index is 13.1. The zero-order valence-electron chi connectivity index (χ0n) is 16.6. The van der Waals surface area contributed by atoms with Crippen LogP contribution in [0.25, 0.3) is 0 Å². The molecule has 1 saturated heterocycles. The SMILES string of the molecule is CC(C)(C)c1ccc(S(=O)(=O)N2CCSC2C(=O)CCc2ccccc2)cc1. The van der Waals surface area contributed by atoms with Crippen LogP contribution >= 0.6 is 11.8 Å². The molecule has 1 heterocycles. The van der Waals surface area contributed by atoms with Crippen molar-refractivity contribution in [2.45, 2.75) is 49.3 Å². The van der Waals surface area contributed by atoms with E-state index in [1.807, 2.05) is 42.5 Å². The van der Waals surface area contributed by atoms with Crippen LogP contribution in [0, 0.1) is 0 Å². The van der Waals surface area contributed by atoms with E-state index in [2.05, 4.69) is 20.8 Å². The van der Waals surface area contributed by atoms with E-state index in [0.717, 1.165) is 11.1 Å². The number of thioether (sulfide) groups is 1. The molecule has 0 spiro atoms. The molecule has 1 atom stereocenters. The van der Waals surface area contributed by atoms with Gasteiger partial charge in [-0.1, -0.05) is 63.2 Å². The van der Waals surface area contributed by atoms with Crippen molar-refractivity contribution >= 4 is 27.6 Å². The number of Topliss-reactive ketones (excluding diaryl/α,β-unsaturated/α-hetero) is 1. The number of aryl methyl sites for hydroxylation is 1. The Bertz CT molecular complexity index is 917. The van der Waals surface area contributed by atoms with E-state index in [1.165, 1.54) is 16.1 Å². The van der Waals surface area contributed by atoms with E-state index >= 15 is 0 Å². The number of ketones is 1. The molecular weight excluding hydrogens is 390 g/mol. The number of hydrogen-bond donors (Lipinski definition) is 0. The minimum Gasteiger partial charge on any atom is -0.297 e. The summed E-state index contributed by atoms with van der Waals surface area (Å²) in [4.78, 5) is 13.0. The van der Waals surface area contributed by atoms with Crippen molar-refractivity contribution in [1.82, 2.24) is 4.31 Å². The van der Waals surface area contributed by atoms with Crippen LogP contribution in [-0.4, -0.2) is 36.2 Å². The van der Waals surface area contributed by atoms with E-state index < -0.39 is 15.4 Å². The standard InChI is InChI=1S/C22H27NO3S2/c1-22(2,3)18-10-12-19(13-11-18)28(25,26)23-15-16-27-21(23)20(24)14-9-17-7-5-4-6-8-17/h4-8,10-13,21H,9,14-16H2,1-3H3. The summed E-state index contributed by atoms with van der Waals surface area (Å²) < 4.78 is 27.7. The monoisotopic (exact) mass is 417 g/mol. The van der Waals surface area contributed by atoms with Gasteiger partial charge in [0.25, 0.3) is 0 Å². The second kappa shape index (κ2) is 8.39. The summed E-state index contributed by atoms with van der Waals surface area (Å²) in [6.45, 7) is 6.65. The first-order valence-corrected chi connectivity index (χ1v) is 12.0. The van der Waals surface area contributed by atoms with E-state index in [-0.39, 0.29) is 16.1 Å². The maximum Gasteiger partial charge on any atom is 0.244 e. The highest BCUT2D eigenvalue weighted by Gasteiger charge is 2.39. The number of carbonyl (C=O) groups excluding carboxylic acids is 1. The normalized spacial score (nSPS) is 18.3. The molecule has 1 unspecified atom stereocenters. The second-order valence-electron chi connectivity index (χ2n) is 8.07. The number of benzene rings is 2. The highest BCUT2D eigenvalue weighted by molar-refractivity contribution is 8.02. The Hall–Kier alpha value is -1.63. The third-order valence-corrected chi connectivity index (χ3v) is 8.22. The molecule has 1 aliphatic heterocycles. The lowest BCUT2D eigenvalue weighted by atomic mass is 9.87. The molecule has 0 N–H and O–H groups in total. The van der Waals surface area contributed by atoms with Crippen LogP contribution in [0.3, 0.4) is 0 Å². The van der Waals surface area contributed by atoms with E-state index in [4.69, 9.17) is 0 Å². The molecule has 3 rings (SSSR count). The lowest BCUT2D eigenvalue weighted by Gasteiger charge is -2.23. The summed E-state index contributed by atoms with van der Waals surface area (Å²) in [7, 11) is -3.69. The summed E-state index contributed by atoms with van der Waals surface area (Å²) in [5, 5.41) is -0.629. The fraction of sp³-hybridized carbons (Fsp3) is 0.409. The van der Waals surface area contributed by atoms with Gasteiger partial charge in [-0.2, -0.15) is 4.31 Å². The van der Waals surface area contributed by atoms with Crippen LogP contribution < -0.4 is 0 Å². The molecule has 0 amide bonds. The van der Waals surface area contributed by atoms with Gasteiger partial charge in [0.1, 0.15) is 5.37 Å². The molecule has 4 nitrogen and oxygen atoms in total. The van der Waals surface area contributed by atoms with E-state index in [0.29, 0.717) is 25.1 Å². The van der Waals surface area contributed by atoms with Gasteiger partial charge in [-0.3, -0.25) is 4.79 Å². The molecule has 2 aromatic carbocycles. The fourth-order valence-corrected chi connectivity index (χ4v) is 6.44. The first kappa shape index (κ1) is 21.1. The molecule has 0 saturated carbocycles. The molecule has 6 heteroatoms. The second-order valence-corrected chi connectivity index (χ2v) is 11.1. The topological polar surface area (TPSA) is 54.5 Å². The highest BCUT2D eigenvalue weighted by atomic mass is 32.2. The van der Waals surface area contributed by atoms with Crippen LogP contribution in [0.1, 0.15) is 38.3 Å². The Morgan fingerprint density at radius 1 is 1.07 bits per heavy atom. The molecule has 0 aromatic heterocycles. The molecular formula is C22H27NO3S2. The molecule has 2 aromatic rings. The molecule has 150 valence electrons. The largest absolute Gasteiger partial charge is 0.297 e. The minimum atomic E-state index is -3.69. The number of carbonyl (C=O) groups is 1. The molecule has 1 aliphatic rings. The smallest absolute Gasteiger partial charge is 0.244 e. The summed E-state index contributed by atoms with van der Waals surface area (Å²) in [6, 6.07) is 16.8. The zero-order valence-corrected chi connectivity index (χ0v) is 18.2. The lowest BCUT2D eigenvalue weighted by molar-refractivity contribution is -0.120. The molecule has 0 radical (unpaired) electrons. The van der Waals surface area contributed by atoms with Gasteiger partial charge in [0.15, 0.2) is 5.78 Å². The number of nitrogens with zero attached hydrogens (tertiary/aromatic N) is 1. The van der Waals surface area contributed by atoms with Gasteiger partial charge < -0.3 is 0 Å². The third kappa shape index (κ3) is 4.67. The Kier molecular flexibility index (Phi) is 6.32. The van der Waals surface area contributed by atoms with Gasteiger partial charge in [0.05, 0.1) is 4.90 Å². The maximum atomic E-state index is 13.1. The Balaban J connectivity index is 1.74. The van der Waals surface area contributed by atoms with Crippen LogP contribution in [0.4, 0.5) is 0 Å². The summed E-state index contributed by atoms with van der Waals surface area (Å²) in [5.41, 5.74) is 2.13. The molecule has 1 fully saturated rings. The van der Waals surface area contributed by atoms with Crippen LogP contribution in [-0.2, 0) is 26.7 Å². The molecule has 0 aliphatic carbocycles. The van der Waals surface area contributed by atoms with Crippen LogP contribution in [0.2, 0.25) is 0 Å². The average molecular weight is 418 g/mol. The predicted molar refractivity (Wildman–Crippen MR) is 115 cm³/mol.